The van der Waals surface area contributed by atoms with Gasteiger partial charge in [-0.15, -0.1) is 0 Å². The topological polar surface area (TPSA) is 66.4 Å². The SMILES string of the molecule is CNC1(CO)CCS(=O)(=O)C1. The highest BCUT2D eigenvalue weighted by Crippen LogP contribution is 2.21. The smallest absolute Gasteiger partial charge is 0.152 e. The van der Waals surface area contributed by atoms with Crippen molar-refractivity contribution in [1.82, 2.24) is 5.32 Å². The Labute approximate surface area is 66.5 Å². The average molecular weight is 179 g/mol. The summed E-state index contributed by atoms with van der Waals surface area (Å²) in [6, 6.07) is 0. The molecule has 1 rings (SSSR count). The summed E-state index contributed by atoms with van der Waals surface area (Å²) in [5.74, 6) is 0.251. The number of hydrogen-bond acceptors (Lipinski definition) is 4. The van der Waals surface area contributed by atoms with E-state index < -0.39 is 15.4 Å². The maximum Gasteiger partial charge on any atom is 0.152 e. The molecule has 1 heterocycles. The second-order valence-electron chi connectivity index (χ2n) is 3.03. The van der Waals surface area contributed by atoms with E-state index in [4.69, 9.17) is 5.11 Å². The van der Waals surface area contributed by atoms with Gasteiger partial charge < -0.3 is 10.4 Å². The van der Waals surface area contributed by atoms with Gasteiger partial charge >= 0.3 is 0 Å². The van der Waals surface area contributed by atoms with Crippen LogP contribution in [0, 0.1) is 0 Å². The first kappa shape index (κ1) is 8.96. The first-order valence-corrected chi connectivity index (χ1v) is 5.36. The lowest BCUT2D eigenvalue weighted by atomic mass is 10.0. The minimum Gasteiger partial charge on any atom is -0.394 e. The van der Waals surface area contributed by atoms with Crippen molar-refractivity contribution in [3.8, 4) is 0 Å². The van der Waals surface area contributed by atoms with E-state index in [1.165, 1.54) is 0 Å². The summed E-state index contributed by atoms with van der Waals surface area (Å²) >= 11 is 0. The number of likely N-dealkylation sites (N-methyl/N-ethyl adjacent to an activating group) is 1. The lowest BCUT2D eigenvalue weighted by molar-refractivity contribution is 0.187. The molecule has 1 aliphatic heterocycles. The third-order valence-electron chi connectivity index (χ3n) is 2.22. The lowest BCUT2D eigenvalue weighted by Crippen LogP contribution is -2.47. The summed E-state index contributed by atoms with van der Waals surface area (Å²) in [6.45, 7) is -0.108. The maximum atomic E-state index is 11.0. The standard InChI is InChI=1S/C6H13NO3S/c1-7-6(4-8)2-3-11(9,10)5-6/h7-8H,2-5H2,1H3. The Morgan fingerprint density at radius 1 is 1.64 bits per heavy atom. The van der Waals surface area contributed by atoms with Crippen LogP contribution in [0.25, 0.3) is 0 Å². The van der Waals surface area contributed by atoms with Gasteiger partial charge in [0.2, 0.25) is 0 Å². The fourth-order valence-corrected chi connectivity index (χ4v) is 3.39. The van der Waals surface area contributed by atoms with Crippen LogP contribution < -0.4 is 5.32 Å². The highest BCUT2D eigenvalue weighted by molar-refractivity contribution is 7.91. The molecule has 0 aliphatic carbocycles. The van der Waals surface area contributed by atoms with Crippen molar-refractivity contribution in [2.24, 2.45) is 0 Å². The zero-order chi connectivity index (χ0) is 8.54. The molecule has 0 spiro atoms. The van der Waals surface area contributed by atoms with E-state index >= 15 is 0 Å². The molecular formula is C6H13NO3S. The third kappa shape index (κ3) is 1.72. The Morgan fingerprint density at radius 3 is 2.45 bits per heavy atom. The van der Waals surface area contributed by atoms with Gasteiger partial charge in [0, 0.05) is 0 Å². The van der Waals surface area contributed by atoms with Gasteiger partial charge in [-0.3, -0.25) is 0 Å². The van der Waals surface area contributed by atoms with E-state index in [1.807, 2.05) is 0 Å². The van der Waals surface area contributed by atoms with E-state index in [1.54, 1.807) is 7.05 Å². The van der Waals surface area contributed by atoms with Gasteiger partial charge in [-0.25, -0.2) is 8.42 Å². The van der Waals surface area contributed by atoms with E-state index in [2.05, 4.69) is 5.32 Å². The number of rotatable bonds is 2. The van der Waals surface area contributed by atoms with Crippen LogP contribution in [0.3, 0.4) is 0 Å². The van der Waals surface area contributed by atoms with Crippen LogP contribution in [0.5, 0.6) is 0 Å². The summed E-state index contributed by atoms with van der Waals surface area (Å²) in [7, 11) is -1.22. The number of aliphatic hydroxyl groups excluding tert-OH is 1. The molecule has 0 saturated carbocycles. The fraction of sp³-hybridized carbons (Fsp3) is 1.00. The molecule has 0 aromatic rings. The van der Waals surface area contributed by atoms with Crippen molar-refractivity contribution in [3.63, 3.8) is 0 Å². The normalized spacial score (nSPS) is 35.8. The van der Waals surface area contributed by atoms with Crippen molar-refractivity contribution >= 4 is 9.84 Å². The molecule has 0 radical (unpaired) electrons. The summed E-state index contributed by atoms with van der Waals surface area (Å²) in [5.41, 5.74) is -0.571. The molecule has 1 unspecified atom stereocenters. The molecular weight excluding hydrogens is 166 g/mol. The summed E-state index contributed by atoms with van der Waals surface area (Å²) < 4.78 is 22.0. The van der Waals surface area contributed by atoms with E-state index in [-0.39, 0.29) is 18.1 Å². The fourth-order valence-electron chi connectivity index (χ4n) is 1.32. The molecule has 0 aromatic heterocycles. The minimum absolute atomic E-state index is 0.0625. The van der Waals surface area contributed by atoms with Crippen molar-refractivity contribution in [1.29, 1.82) is 0 Å². The minimum atomic E-state index is -2.90. The molecule has 4 nitrogen and oxygen atoms in total. The lowest BCUT2D eigenvalue weighted by Gasteiger charge is -2.23. The van der Waals surface area contributed by atoms with Gasteiger partial charge in [-0.1, -0.05) is 0 Å². The number of aliphatic hydroxyl groups is 1. The monoisotopic (exact) mass is 179 g/mol. The molecule has 5 heteroatoms. The molecule has 2 N–H and O–H groups in total. The first-order chi connectivity index (χ1) is 5.04. The van der Waals surface area contributed by atoms with Crippen LogP contribution in [0.2, 0.25) is 0 Å². The largest absolute Gasteiger partial charge is 0.394 e. The quantitative estimate of drug-likeness (QED) is 0.556. The van der Waals surface area contributed by atoms with Gasteiger partial charge in [0.15, 0.2) is 9.84 Å². The molecule has 0 amide bonds. The highest BCUT2D eigenvalue weighted by atomic mass is 32.2. The van der Waals surface area contributed by atoms with Crippen molar-refractivity contribution in [3.05, 3.63) is 0 Å². The van der Waals surface area contributed by atoms with Gasteiger partial charge in [-0.2, -0.15) is 0 Å². The van der Waals surface area contributed by atoms with E-state index in [9.17, 15) is 8.42 Å². The van der Waals surface area contributed by atoms with Crippen molar-refractivity contribution in [2.45, 2.75) is 12.0 Å². The third-order valence-corrected chi connectivity index (χ3v) is 4.04. The summed E-state index contributed by atoms with van der Waals surface area (Å²) in [6.07, 6.45) is 0.516. The molecule has 1 saturated heterocycles. The van der Waals surface area contributed by atoms with Gasteiger partial charge in [-0.05, 0) is 13.5 Å². The molecule has 1 aliphatic rings. The van der Waals surface area contributed by atoms with Gasteiger partial charge in [0.25, 0.3) is 0 Å². The summed E-state index contributed by atoms with van der Waals surface area (Å²) in [4.78, 5) is 0. The maximum absolute atomic E-state index is 11.0. The zero-order valence-corrected chi connectivity index (χ0v) is 7.32. The highest BCUT2D eigenvalue weighted by Gasteiger charge is 2.40. The molecule has 0 bridgehead atoms. The molecule has 11 heavy (non-hydrogen) atoms. The first-order valence-electron chi connectivity index (χ1n) is 3.54. The Hall–Kier alpha value is -0.130. The molecule has 1 fully saturated rings. The number of nitrogens with one attached hydrogen (secondary N) is 1. The van der Waals surface area contributed by atoms with Gasteiger partial charge in [0.05, 0.1) is 23.7 Å². The molecule has 0 aromatic carbocycles. The molecule has 66 valence electrons. The number of hydrogen-bond donors (Lipinski definition) is 2. The van der Waals surface area contributed by atoms with Crippen LogP contribution in [-0.2, 0) is 9.84 Å². The number of sulfone groups is 1. The van der Waals surface area contributed by atoms with Crippen LogP contribution in [0.4, 0.5) is 0 Å². The van der Waals surface area contributed by atoms with Crippen molar-refractivity contribution in [2.75, 3.05) is 25.2 Å². The average Bonchev–Trinajstić information content (AvgIpc) is 2.28. The second-order valence-corrected chi connectivity index (χ2v) is 5.21. The Bertz CT molecular complexity index is 230. The Kier molecular flexibility index (Phi) is 2.22. The van der Waals surface area contributed by atoms with Crippen LogP contribution >= 0.6 is 0 Å². The second kappa shape index (κ2) is 2.73. The van der Waals surface area contributed by atoms with E-state index in [0.717, 1.165) is 0 Å². The van der Waals surface area contributed by atoms with Crippen LogP contribution in [0.15, 0.2) is 0 Å². The van der Waals surface area contributed by atoms with Gasteiger partial charge in [0.1, 0.15) is 0 Å². The Balaban J connectivity index is 2.78. The van der Waals surface area contributed by atoms with Crippen LogP contribution in [-0.4, -0.2) is 44.2 Å². The predicted octanol–water partition coefficient (Wildman–Crippen LogP) is -1.24. The Morgan fingerprint density at radius 2 is 2.27 bits per heavy atom. The zero-order valence-electron chi connectivity index (χ0n) is 6.50. The predicted molar refractivity (Wildman–Crippen MR) is 42.1 cm³/mol. The van der Waals surface area contributed by atoms with E-state index in [0.29, 0.717) is 6.42 Å². The van der Waals surface area contributed by atoms with Crippen molar-refractivity contribution < 1.29 is 13.5 Å². The summed E-state index contributed by atoms with van der Waals surface area (Å²) in [5, 5.41) is 11.8. The van der Waals surface area contributed by atoms with Crippen LogP contribution in [0.1, 0.15) is 6.42 Å². The molecule has 1 atom stereocenters.